The molecular weight excluding hydrogens is 336 g/mol. The molecule has 1 aliphatic heterocycles. The number of piperazine rings is 1. The number of nitrogens with zero attached hydrogens (tertiary/aromatic N) is 2. The predicted octanol–water partition coefficient (Wildman–Crippen LogP) is 2.30. The quantitative estimate of drug-likeness (QED) is 0.528. The van der Waals surface area contributed by atoms with Crippen molar-refractivity contribution in [1.82, 2.24) is 9.80 Å². The van der Waals surface area contributed by atoms with Crippen molar-refractivity contribution < 1.29 is 4.74 Å². The summed E-state index contributed by atoms with van der Waals surface area (Å²) in [6.45, 7) is 10.8. The molecule has 1 fully saturated rings. The lowest BCUT2D eigenvalue weighted by Crippen LogP contribution is -2.45. The van der Waals surface area contributed by atoms with E-state index in [1.807, 2.05) is 6.07 Å². The van der Waals surface area contributed by atoms with Gasteiger partial charge in [-0.2, -0.15) is 0 Å². The summed E-state index contributed by atoms with van der Waals surface area (Å²) < 4.78 is 5.85. The summed E-state index contributed by atoms with van der Waals surface area (Å²) in [5.41, 5.74) is 3.43. The molecule has 136 valence electrons. The number of hydrogen-bond acceptors (Lipinski definition) is 3. The monoisotopic (exact) mass is 364 g/mol. The molecule has 1 aliphatic rings. The highest BCUT2D eigenvalue weighted by Crippen LogP contribution is 2.20. The molecule has 3 nitrogen and oxygen atoms in total. The zero-order valence-corrected chi connectivity index (χ0v) is 16.7. The number of likely N-dealkylation sites (N-methyl/N-ethyl adjacent to an activating group) is 1. The third kappa shape index (κ3) is 5.64. The Hall–Kier alpha value is -1.72. The first kappa shape index (κ1) is 19.0. The van der Waals surface area contributed by atoms with Crippen LogP contribution < -0.4 is 5.19 Å². The van der Waals surface area contributed by atoms with E-state index in [4.69, 9.17) is 4.74 Å². The molecule has 0 bridgehead atoms. The van der Waals surface area contributed by atoms with E-state index in [-0.39, 0.29) is 0 Å². The minimum atomic E-state index is 0.697. The molecule has 0 N–H and O–H groups in total. The van der Waals surface area contributed by atoms with Crippen LogP contribution in [0.4, 0.5) is 0 Å². The Morgan fingerprint density at radius 3 is 2.31 bits per heavy atom. The van der Waals surface area contributed by atoms with Gasteiger partial charge in [0.05, 0.1) is 6.61 Å². The summed E-state index contributed by atoms with van der Waals surface area (Å²) in [5.74, 6) is 0. The third-order valence-corrected chi connectivity index (χ3v) is 5.97. The van der Waals surface area contributed by atoms with E-state index in [0.29, 0.717) is 9.52 Å². The summed E-state index contributed by atoms with van der Waals surface area (Å²) in [5, 5.41) is 1.34. The van der Waals surface area contributed by atoms with E-state index >= 15 is 0 Å². The summed E-state index contributed by atoms with van der Waals surface area (Å²) in [6, 6.07) is 19.1. The van der Waals surface area contributed by atoms with Gasteiger partial charge in [-0.15, -0.1) is 0 Å². The molecule has 0 saturated carbocycles. The highest BCUT2D eigenvalue weighted by Gasteiger charge is 2.12. The van der Waals surface area contributed by atoms with Crippen molar-refractivity contribution in [3.8, 4) is 0 Å². The van der Waals surface area contributed by atoms with Crippen LogP contribution in [-0.4, -0.2) is 71.9 Å². The lowest BCUT2D eigenvalue weighted by atomic mass is 10.00. The Bertz CT molecular complexity index is 679. The van der Waals surface area contributed by atoms with Gasteiger partial charge in [0.15, 0.2) is 0 Å². The molecule has 2 aromatic carbocycles. The predicted molar refractivity (Wildman–Crippen MR) is 111 cm³/mol. The van der Waals surface area contributed by atoms with E-state index in [9.17, 15) is 0 Å². The molecule has 0 aromatic heterocycles. The Morgan fingerprint density at radius 1 is 0.962 bits per heavy atom. The highest BCUT2D eigenvalue weighted by molar-refractivity contribution is 6.53. The molecule has 2 radical (unpaired) electrons. The Labute approximate surface area is 160 Å². The molecule has 1 saturated heterocycles. The van der Waals surface area contributed by atoms with Gasteiger partial charge in [-0.25, -0.2) is 0 Å². The fraction of sp³-hybridized carbons (Fsp3) is 0.364. The molecule has 2 aromatic rings. The summed E-state index contributed by atoms with van der Waals surface area (Å²) in [7, 11) is 2.89. The zero-order chi connectivity index (χ0) is 18.2. The highest BCUT2D eigenvalue weighted by atomic mass is 28.2. The molecule has 0 unspecified atom stereocenters. The molecule has 0 atom stereocenters. The lowest BCUT2D eigenvalue weighted by Gasteiger charge is -2.32. The van der Waals surface area contributed by atoms with Crippen LogP contribution in [0.2, 0.25) is 0 Å². The van der Waals surface area contributed by atoms with Gasteiger partial charge in [0.25, 0.3) is 0 Å². The van der Waals surface area contributed by atoms with Crippen LogP contribution in [0.15, 0.2) is 61.2 Å². The second-order valence-electron chi connectivity index (χ2n) is 6.80. The molecular formula is C22H28N2OSi. The number of hydrogen-bond donors (Lipinski definition) is 0. The zero-order valence-electron chi connectivity index (χ0n) is 15.7. The smallest absolute Gasteiger partial charge is 0.114 e. The summed E-state index contributed by atoms with van der Waals surface area (Å²) >= 11 is 0. The first-order valence-corrected chi connectivity index (χ1v) is 10.5. The van der Waals surface area contributed by atoms with Crippen molar-refractivity contribution in [2.75, 3.05) is 52.6 Å². The molecule has 4 heteroatoms. The Morgan fingerprint density at radius 2 is 1.62 bits per heavy atom. The lowest BCUT2D eigenvalue weighted by molar-refractivity contribution is 0.101. The third-order valence-electron chi connectivity index (χ3n) is 4.88. The van der Waals surface area contributed by atoms with Crippen LogP contribution >= 0.6 is 0 Å². The Balaban J connectivity index is 1.37. The normalized spacial score (nSPS) is 15.9. The van der Waals surface area contributed by atoms with Crippen LogP contribution in [0.25, 0.3) is 5.57 Å². The number of rotatable bonds is 8. The Kier molecular flexibility index (Phi) is 7.20. The number of ether oxygens (including phenoxy) is 1. The van der Waals surface area contributed by atoms with Crippen LogP contribution in [0.1, 0.15) is 11.1 Å². The van der Waals surface area contributed by atoms with Gasteiger partial charge in [0, 0.05) is 39.0 Å². The molecule has 3 rings (SSSR count). The van der Waals surface area contributed by atoms with Crippen molar-refractivity contribution in [2.24, 2.45) is 0 Å². The van der Waals surface area contributed by atoms with Crippen molar-refractivity contribution in [1.29, 1.82) is 0 Å². The molecule has 0 spiro atoms. The van der Waals surface area contributed by atoms with Gasteiger partial charge in [0.1, 0.15) is 9.52 Å². The second kappa shape index (κ2) is 9.83. The van der Waals surface area contributed by atoms with Gasteiger partial charge in [-0.05, 0) is 23.7 Å². The maximum absolute atomic E-state index is 5.85. The van der Waals surface area contributed by atoms with Crippen LogP contribution in [0.3, 0.4) is 0 Å². The number of benzene rings is 2. The topological polar surface area (TPSA) is 15.7 Å². The fourth-order valence-corrected chi connectivity index (χ4v) is 3.88. The van der Waals surface area contributed by atoms with Gasteiger partial charge >= 0.3 is 0 Å². The van der Waals surface area contributed by atoms with Gasteiger partial charge in [-0.1, -0.05) is 66.4 Å². The van der Waals surface area contributed by atoms with Crippen molar-refractivity contribution >= 4 is 20.3 Å². The van der Waals surface area contributed by atoms with E-state index in [1.54, 1.807) is 0 Å². The maximum atomic E-state index is 5.85. The van der Waals surface area contributed by atoms with E-state index < -0.39 is 0 Å². The van der Waals surface area contributed by atoms with Gasteiger partial charge in [0.2, 0.25) is 0 Å². The molecule has 26 heavy (non-hydrogen) atoms. The summed E-state index contributed by atoms with van der Waals surface area (Å²) in [4.78, 5) is 4.88. The van der Waals surface area contributed by atoms with Gasteiger partial charge in [-0.3, -0.25) is 4.90 Å². The average Bonchev–Trinajstić information content (AvgIpc) is 2.70. The van der Waals surface area contributed by atoms with Crippen molar-refractivity contribution in [3.05, 3.63) is 72.3 Å². The van der Waals surface area contributed by atoms with E-state index in [0.717, 1.165) is 38.0 Å². The van der Waals surface area contributed by atoms with E-state index in [2.05, 4.69) is 72.0 Å². The minimum absolute atomic E-state index is 0.697. The molecule has 0 amide bonds. The van der Waals surface area contributed by atoms with Crippen molar-refractivity contribution in [2.45, 2.75) is 0 Å². The van der Waals surface area contributed by atoms with Gasteiger partial charge < -0.3 is 9.64 Å². The largest absolute Gasteiger partial charge is 0.384 e. The average molecular weight is 365 g/mol. The van der Waals surface area contributed by atoms with Crippen LogP contribution in [0, 0.1) is 0 Å². The first-order chi connectivity index (χ1) is 12.7. The van der Waals surface area contributed by atoms with Crippen LogP contribution in [0.5, 0.6) is 0 Å². The SMILES string of the molecule is C=C(c1ccccc1)c1ccc([Si]COCCN2CCN(C)CC2)cc1. The second-order valence-corrected chi connectivity index (χ2v) is 8.02. The van der Waals surface area contributed by atoms with Crippen molar-refractivity contribution in [3.63, 3.8) is 0 Å². The first-order valence-electron chi connectivity index (χ1n) is 9.29. The van der Waals surface area contributed by atoms with Crippen LogP contribution in [-0.2, 0) is 4.74 Å². The molecule has 0 aliphatic carbocycles. The molecule has 1 heterocycles. The maximum Gasteiger partial charge on any atom is 0.114 e. The minimum Gasteiger partial charge on any atom is -0.384 e. The van der Waals surface area contributed by atoms with E-state index in [1.165, 1.54) is 29.4 Å². The standard InChI is InChI=1S/C22H28N2OSi/c1-19(20-6-4-3-5-7-20)21-8-10-22(11-9-21)26-18-25-17-16-24-14-12-23(2)13-15-24/h3-11H,1,12-18H2,2H3. The summed E-state index contributed by atoms with van der Waals surface area (Å²) in [6.07, 6.45) is 0.812. The fourth-order valence-electron chi connectivity index (χ4n) is 3.07.